The number of benzene rings is 2. The van der Waals surface area contributed by atoms with E-state index in [0.717, 1.165) is 30.9 Å². The molecule has 0 aromatic heterocycles. The number of phenolic OH excluding ortho intramolecular Hbond substituents is 1. The van der Waals surface area contributed by atoms with Gasteiger partial charge in [0.25, 0.3) is 0 Å². The minimum absolute atomic E-state index is 0.198. The van der Waals surface area contributed by atoms with Gasteiger partial charge in [0.15, 0.2) is 11.5 Å². The fraction of sp³-hybridized carbons (Fsp3) is 0.429. The minimum Gasteiger partial charge on any atom is -0.504 e. The number of phenols is 1. The molecule has 0 saturated heterocycles. The number of hydrogen-bond acceptors (Lipinski definition) is 5. The average molecular weight is 355 g/mol. The van der Waals surface area contributed by atoms with Crippen LogP contribution in [0.4, 0.5) is 0 Å². The fourth-order valence-corrected chi connectivity index (χ4v) is 4.50. The Morgan fingerprint density at radius 3 is 2.23 bits per heavy atom. The number of fused-ring (bicyclic) bond motifs is 4. The molecule has 0 spiro atoms. The predicted octanol–water partition coefficient (Wildman–Crippen LogP) is 3.46. The van der Waals surface area contributed by atoms with Crippen molar-refractivity contribution in [1.29, 1.82) is 0 Å². The highest BCUT2D eigenvalue weighted by Gasteiger charge is 2.38. The van der Waals surface area contributed by atoms with E-state index >= 15 is 0 Å². The number of rotatable bonds is 3. The molecule has 0 aliphatic carbocycles. The molecule has 0 radical (unpaired) electrons. The zero-order chi connectivity index (χ0) is 18.4. The summed E-state index contributed by atoms with van der Waals surface area (Å²) in [5.74, 6) is 2.55. The van der Waals surface area contributed by atoms with Crippen LogP contribution in [0, 0.1) is 0 Å². The molecule has 5 nitrogen and oxygen atoms in total. The van der Waals surface area contributed by atoms with Crippen LogP contribution in [-0.2, 0) is 19.4 Å². The van der Waals surface area contributed by atoms with Crippen LogP contribution in [0.25, 0.3) is 0 Å². The lowest BCUT2D eigenvalue weighted by Gasteiger charge is -2.46. The highest BCUT2D eigenvalue weighted by molar-refractivity contribution is 5.54. The molecule has 2 aromatic carbocycles. The van der Waals surface area contributed by atoms with Gasteiger partial charge in [0.1, 0.15) is 11.5 Å². The summed E-state index contributed by atoms with van der Waals surface area (Å²) in [5.41, 5.74) is 4.83. The van der Waals surface area contributed by atoms with E-state index in [4.69, 9.17) is 14.2 Å². The topological polar surface area (TPSA) is 51.2 Å². The van der Waals surface area contributed by atoms with Crippen molar-refractivity contribution in [2.45, 2.75) is 38.4 Å². The van der Waals surface area contributed by atoms with Crippen LogP contribution in [-0.4, -0.2) is 37.4 Å². The lowest BCUT2D eigenvalue weighted by molar-refractivity contribution is 0.103. The van der Waals surface area contributed by atoms with Gasteiger partial charge in [-0.3, -0.25) is 4.90 Å². The molecule has 0 fully saturated rings. The molecule has 2 heterocycles. The molecule has 2 unspecified atom stereocenters. The van der Waals surface area contributed by atoms with E-state index in [1.807, 2.05) is 24.3 Å². The number of methoxy groups -OCH3 is 3. The highest BCUT2D eigenvalue weighted by atomic mass is 16.5. The van der Waals surface area contributed by atoms with E-state index in [0.29, 0.717) is 11.8 Å². The van der Waals surface area contributed by atoms with Crippen LogP contribution in [0.15, 0.2) is 24.3 Å². The van der Waals surface area contributed by atoms with E-state index < -0.39 is 0 Å². The van der Waals surface area contributed by atoms with E-state index in [1.54, 1.807) is 21.3 Å². The zero-order valence-corrected chi connectivity index (χ0v) is 15.7. The molecule has 2 aromatic rings. The highest BCUT2D eigenvalue weighted by Crippen LogP contribution is 2.47. The smallest absolute Gasteiger partial charge is 0.160 e. The van der Waals surface area contributed by atoms with Crippen LogP contribution in [0.3, 0.4) is 0 Å². The first-order valence-corrected chi connectivity index (χ1v) is 8.95. The Kier molecular flexibility index (Phi) is 4.19. The quantitative estimate of drug-likeness (QED) is 0.914. The lowest BCUT2D eigenvalue weighted by atomic mass is 9.81. The van der Waals surface area contributed by atoms with Gasteiger partial charge in [0.2, 0.25) is 0 Å². The van der Waals surface area contributed by atoms with E-state index in [9.17, 15) is 5.11 Å². The Morgan fingerprint density at radius 1 is 0.923 bits per heavy atom. The SMILES string of the molecule is COc1cc2c(cc1O)C1Cc3c(OC)ccc(OC)c3CN1C(C)C2. The first-order valence-electron chi connectivity index (χ1n) is 8.95. The van der Waals surface area contributed by atoms with Crippen LogP contribution >= 0.6 is 0 Å². The van der Waals surface area contributed by atoms with Gasteiger partial charge in [-0.1, -0.05) is 0 Å². The minimum atomic E-state index is 0.198. The molecule has 26 heavy (non-hydrogen) atoms. The third-order valence-electron chi connectivity index (χ3n) is 5.80. The second-order valence-electron chi connectivity index (χ2n) is 7.10. The Balaban J connectivity index is 1.84. The lowest BCUT2D eigenvalue weighted by Crippen LogP contribution is -2.45. The molecular formula is C21H25NO4. The van der Waals surface area contributed by atoms with Gasteiger partial charge in [0.05, 0.1) is 21.3 Å². The van der Waals surface area contributed by atoms with Crippen LogP contribution in [0.1, 0.15) is 35.2 Å². The maximum atomic E-state index is 10.3. The summed E-state index contributed by atoms with van der Waals surface area (Å²) in [6.07, 6.45) is 1.77. The summed E-state index contributed by atoms with van der Waals surface area (Å²) in [6.45, 7) is 3.07. The molecule has 0 saturated carbocycles. The molecule has 2 aliphatic rings. The molecule has 5 heteroatoms. The van der Waals surface area contributed by atoms with Gasteiger partial charge in [-0.05, 0) is 55.2 Å². The first-order chi connectivity index (χ1) is 12.6. The molecular weight excluding hydrogens is 330 g/mol. The van der Waals surface area contributed by atoms with Gasteiger partial charge in [-0.2, -0.15) is 0 Å². The van der Waals surface area contributed by atoms with Crippen molar-refractivity contribution in [1.82, 2.24) is 4.90 Å². The second kappa shape index (κ2) is 6.40. The number of hydrogen-bond donors (Lipinski definition) is 1. The standard InChI is InChI=1S/C21H25NO4/c1-12-7-13-8-21(26-4)18(23)10-14(13)17-9-15-16(11-22(12)17)20(25-3)6-5-19(15)24-2/h5-6,8,10,12,17,23H,7,9,11H2,1-4H3. The maximum Gasteiger partial charge on any atom is 0.160 e. The summed E-state index contributed by atoms with van der Waals surface area (Å²) in [6, 6.07) is 8.42. The van der Waals surface area contributed by atoms with Gasteiger partial charge >= 0.3 is 0 Å². The van der Waals surface area contributed by atoms with Gasteiger partial charge < -0.3 is 19.3 Å². The summed E-state index contributed by atoms with van der Waals surface area (Å²) in [7, 11) is 5.02. The summed E-state index contributed by atoms with van der Waals surface area (Å²) >= 11 is 0. The second-order valence-corrected chi connectivity index (χ2v) is 7.10. The Hall–Kier alpha value is -2.40. The molecule has 1 N–H and O–H groups in total. The third-order valence-corrected chi connectivity index (χ3v) is 5.80. The monoisotopic (exact) mass is 355 g/mol. The summed E-state index contributed by atoms with van der Waals surface area (Å²) in [4.78, 5) is 2.50. The number of nitrogens with zero attached hydrogens (tertiary/aromatic N) is 1. The van der Waals surface area contributed by atoms with Gasteiger partial charge in [0, 0.05) is 29.8 Å². The average Bonchev–Trinajstić information content (AvgIpc) is 2.66. The van der Waals surface area contributed by atoms with E-state index in [1.165, 1.54) is 22.3 Å². The van der Waals surface area contributed by atoms with Crippen molar-refractivity contribution in [3.63, 3.8) is 0 Å². The molecule has 2 aliphatic heterocycles. The van der Waals surface area contributed by atoms with Crippen LogP contribution in [0.2, 0.25) is 0 Å². The Bertz CT molecular complexity index is 848. The van der Waals surface area contributed by atoms with Gasteiger partial charge in [-0.25, -0.2) is 0 Å². The van der Waals surface area contributed by atoms with Crippen molar-refractivity contribution in [3.05, 3.63) is 46.5 Å². The van der Waals surface area contributed by atoms with Crippen molar-refractivity contribution < 1.29 is 19.3 Å². The first kappa shape index (κ1) is 17.0. The van der Waals surface area contributed by atoms with E-state index in [2.05, 4.69) is 11.8 Å². The summed E-state index contributed by atoms with van der Waals surface area (Å²) < 4.78 is 16.5. The zero-order valence-electron chi connectivity index (χ0n) is 15.7. The van der Waals surface area contributed by atoms with E-state index in [-0.39, 0.29) is 11.8 Å². The van der Waals surface area contributed by atoms with Crippen LogP contribution < -0.4 is 14.2 Å². The third kappa shape index (κ3) is 2.50. The molecule has 0 amide bonds. The molecule has 2 atom stereocenters. The normalized spacial score (nSPS) is 21.4. The molecule has 4 rings (SSSR count). The van der Waals surface area contributed by atoms with Crippen molar-refractivity contribution in [3.8, 4) is 23.0 Å². The molecule has 0 bridgehead atoms. The maximum absolute atomic E-state index is 10.3. The number of aromatic hydroxyl groups is 1. The van der Waals surface area contributed by atoms with Crippen molar-refractivity contribution >= 4 is 0 Å². The van der Waals surface area contributed by atoms with Crippen LogP contribution in [0.5, 0.6) is 23.0 Å². The van der Waals surface area contributed by atoms with Crippen molar-refractivity contribution in [2.75, 3.05) is 21.3 Å². The predicted molar refractivity (Wildman–Crippen MR) is 99.4 cm³/mol. The van der Waals surface area contributed by atoms with Crippen molar-refractivity contribution in [2.24, 2.45) is 0 Å². The molecule has 138 valence electrons. The summed E-state index contributed by atoms with van der Waals surface area (Å²) in [5, 5.41) is 10.3. The van der Waals surface area contributed by atoms with Gasteiger partial charge in [-0.15, -0.1) is 0 Å². The Labute approximate surface area is 154 Å². The largest absolute Gasteiger partial charge is 0.504 e. The Morgan fingerprint density at radius 2 is 1.58 bits per heavy atom. The fourth-order valence-electron chi connectivity index (χ4n) is 4.50. The number of ether oxygens (including phenoxy) is 3.